The van der Waals surface area contributed by atoms with Gasteiger partial charge < -0.3 is 10.1 Å². The van der Waals surface area contributed by atoms with E-state index < -0.39 is 0 Å². The molecular weight excluding hydrogens is 274 g/mol. The first-order chi connectivity index (χ1) is 9.69. The average Bonchev–Trinajstić information content (AvgIpc) is 3.09. The second-order valence-electron chi connectivity index (χ2n) is 5.84. The second kappa shape index (κ2) is 5.79. The van der Waals surface area contributed by atoms with E-state index in [0.717, 1.165) is 39.1 Å². The number of amides is 1. The largest absolute Gasteiger partial charge is 0.381 e. The lowest BCUT2D eigenvalue weighted by Crippen LogP contribution is -2.42. The van der Waals surface area contributed by atoms with Crippen molar-refractivity contribution in [3.63, 3.8) is 0 Å². The van der Waals surface area contributed by atoms with Crippen molar-refractivity contribution in [2.24, 2.45) is 5.41 Å². The van der Waals surface area contributed by atoms with Gasteiger partial charge >= 0.3 is 0 Å². The van der Waals surface area contributed by atoms with E-state index in [9.17, 15) is 4.79 Å². The molecule has 1 amide bonds. The molecule has 1 atom stereocenters. The highest BCUT2D eigenvalue weighted by atomic mass is 32.1. The number of likely N-dealkylation sites (tertiary alicyclic amines) is 1. The molecule has 20 heavy (non-hydrogen) atoms. The Bertz CT molecular complexity index is 457. The van der Waals surface area contributed by atoms with E-state index in [0.29, 0.717) is 10.5 Å². The van der Waals surface area contributed by atoms with Crippen LogP contribution in [0.4, 0.5) is 5.13 Å². The van der Waals surface area contributed by atoms with Gasteiger partial charge in [0.1, 0.15) is 0 Å². The van der Waals surface area contributed by atoms with E-state index in [1.165, 1.54) is 17.8 Å². The normalized spacial score (nSPS) is 23.9. The zero-order valence-electron chi connectivity index (χ0n) is 11.8. The van der Waals surface area contributed by atoms with Crippen LogP contribution in [0.15, 0.2) is 11.6 Å². The molecule has 0 aliphatic carbocycles. The van der Waals surface area contributed by atoms with Gasteiger partial charge in [-0.15, -0.1) is 11.3 Å². The summed E-state index contributed by atoms with van der Waals surface area (Å²) >= 11 is 1.45. The van der Waals surface area contributed by atoms with Gasteiger partial charge in [-0.1, -0.05) is 0 Å². The molecule has 3 rings (SSSR count). The third kappa shape index (κ3) is 2.87. The van der Waals surface area contributed by atoms with E-state index >= 15 is 0 Å². The van der Waals surface area contributed by atoms with E-state index in [4.69, 9.17) is 4.74 Å². The number of aromatic nitrogens is 1. The number of ether oxygens (including phenoxy) is 1. The van der Waals surface area contributed by atoms with Crippen molar-refractivity contribution < 1.29 is 9.53 Å². The summed E-state index contributed by atoms with van der Waals surface area (Å²) in [6, 6.07) is -0.0962. The number of anilines is 1. The van der Waals surface area contributed by atoms with Crippen LogP contribution in [0.5, 0.6) is 0 Å². The molecule has 2 saturated heterocycles. The molecule has 5 nitrogen and oxygen atoms in total. The van der Waals surface area contributed by atoms with Crippen molar-refractivity contribution >= 4 is 22.4 Å². The molecule has 2 aliphatic heterocycles. The molecule has 110 valence electrons. The lowest BCUT2D eigenvalue weighted by molar-refractivity contribution is -0.120. The molecule has 0 saturated carbocycles. The number of nitrogens with zero attached hydrogens (tertiary/aromatic N) is 2. The molecule has 6 heteroatoms. The van der Waals surface area contributed by atoms with Crippen LogP contribution in [0.1, 0.15) is 26.2 Å². The second-order valence-corrected chi connectivity index (χ2v) is 6.73. The molecule has 0 bridgehead atoms. The summed E-state index contributed by atoms with van der Waals surface area (Å²) in [5, 5.41) is 5.44. The minimum absolute atomic E-state index is 0.0454. The van der Waals surface area contributed by atoms with Crippen molar-refractivity contribution in [3.8, 4) is 0 Å². The predicted molar refractivity (Wildman–Crippen MR) is 78.9 cm³/mol. The Balaban J connectivity index is 1.57. The number of rotatable bonds is 3. The maximum atomic E-state index is 12.3. The van der Waals surface area contributed by atoms with Gasteiger partial charge in [0.2, 0.25) is 5.91 Å². The van der Waals surface area contributed by atoms with Gasteiger partial charge in [-0.3, -0.25) is 9.69 Å². The number of hydrogen-bond acceptors (Lipinski definition) is 5. The van der Waals surface area contributed by atoms with Crippen LogP contribution in [0.25, 0.3) is 0 Å². The zero-order chi connectivity index (χ0) is 14.0. The highest BCUT2D eigenvalue weighted by molar-refractivity contribution is 7.13. The topological polar surface area (TPSA) is 54.5 Å². The summed E-state index contributed by atoms with van der Waals surface area (Å²) in [5.41, 5.74) is 0.383. The van der Waals surface area contributed by atoms with Crippen LogP contribution in [0.2, 0.25) is 0 Å². The Labute approximate surface area is 123 Å². The molecule has 0 radical (unpaired) electrons. The maximum Gasteiger partial charge on any atom is 0.243 e. The third-order valence-corrected chi connectivity index (χ3v) is 5.30. The molecule has 1 unspecified atom stereocenters. The summed E-state index contributed by atoms with van der Waals surface area (Å²) in [7, 11) is 0. The standard InChI is InChI=1S/C14H21N3O2S/c1-11(12(18)16-13-15-5-9-20-13)17-6-2-14(10-17)3-7-19-8-4-14/h5,9,11H,2-4,6-8,10H2,1H3,(H,15,16,18). The van der Waals surface area contributed by atoms with Gasteiger partial charge in [-0.05, 0) is 38.1 Å². The van der Waals surface area contributed by atoms with Gasteiger partial charge in [-0.2, -0.15) is 0 Å². The fourth-order valence-corrected chi connectivity index (χ4v) is 3.71. The van der Waals surface area contributed by atoms with Crippen molar-refractivity contribution in [2.75, 3.05) is 31.6 Å². The fraction of sp³-hybridized carbons (Fsp3) is 0.714. The summed E-state index contributed by atoms with van der Waals surface area (Å²) in [4.78, 5) is 18.7. The van der Waals surface area contributed by atoms with Gasteiger partial charge in [0, 0.05) is 31.3 Å². The van der Waals surface area contributed by atoms with E-state index in [1.54, 1.807) is 6.20 Å². The summed E-state index contributed by atoms with van der Waals surface area (Å²) < 4.78 is 5.46. The Morgan fingerprint density at radius 3 is 3.00 bits per heavy atom. The highest BCUT2D eigenvalue weighted by Gasteiger charge is 2.41. The maximum absolute atomic E-state index is 12.3. The molecule has 0 aromatic carbocycles. The zero-order valence-corrected chi connectivity index (χ0v) is 12.6. The van der Waals surface area contributed by atoms with Crippen LogP contribution < -0.4 is 5.32 Å². The number of hydrogen-bond donors (Lipinski definition) is 1. The van der Waals surface area contributed by atoms with Crippen LogP contribution in [0, 0.1) is 5.41 Å². The average molecular weight is 295 g/mol. The highest BCUT2D eigenvalue weighted by Crippen LogP contribution is 2.40. The smallest absolute Gasteiger partial charge is 0.243 e. The number of thiazole rings is 1. The van der Waals surface area contributed by atoms with Gasteiger partial charge in [0.25, 0.3) is 0 Å². The first kappa shape index (κ1) is 14.0. The van der Waals surface area contributed by atoms with Crippen LogP contribution in [-0.2, 0) is 9.53 Å². The van der Waals surface area contributed by atoms with Crippen LogP contribution in [-0.4, -0.2) is 48.1 Å². The van der Waals surface area contributed by atoms with E-state index in [1.807, 2.05) is 12.3 Å². The molecule has 3 heterocycles. The number of carbonyl (C=O) groups is 1. The molecule has 1 N–H and O–H groups in total. The van der Waals surface area contributed by atoms with Crippen LogP contribution >= 0.6 is 11.3 Å². The summed E-state index contributed by atoms with van der Waals surface area (Å²) in [6.45, 7) is 5.75. The number of carbonyl (C=O) groups excluding carboxylic acids is 1. The third-order valence-electron chi connectivity index (χ3n) is 4.61. The monoisotopic (exact) mass is 295 g/mol. The fourth-order valence-electron chi connectivity index (χ4n) is 3.17. The van der Waals surface area contributed by atoms with E-state index in [2.05, 4.69) is 15.2 Å². The minimum Gasteiger partial charge on any atom is -0.381 e. The van der Waals surface area contributed by atoms with Crippen LogP contribution in [0.3, 0.4) is 0 Å². The summed E-state index contributed by atoms with van der Waals surface area (Å²) in [5.74, 6) is 0.0454. The Morgan fingerprint density at radius 1 is 1.50 bits per heavy atom. The Kier molecular flexibility index (Phi) is 4.05. The SMILES string of the molecule is CC(C(=O)Nc1nccs1)N1CCC2(CCOCC2)C1. The quantitative estimate of drug-likeness (QED) is 0.926. The lowest BCUT2D eigenvalue weighted by Gasteiger charge is -2.34. The predicted octanol–water partition coefficient (Wildman–Crippen LogP) is 1.97. The van der Waals surface area contributed by atoms with Crippen molar-refractivity contribution in [1.29, 1.82) is 0 Å². The minimum atomic E-state index is -0.0962. The Morgan fingerprint density at radius 2 is 2.30 bits per heavy atom. The molecule has 1 aromatic heterocycles. The van der Waals surface area contributed by atoms with Crippen molar-refractivity contribution in [3.05, 3.63) is 11.6 Å². The molecular formula is C14H21N3O2S. The van der Waals surface area contributed by atoms with Gasteiger partial charge in [0.15, 0.2) is 5.13 Å². The number of nitrogens with one attached hydrogen (secondary N) is 1. The first-order valence-electron chi connectivity index (χ1n) is 7.21. The molecule has 2 fully saturated rings. The van der Waals surface area contributed by atoms with E-state index in [-0.39, 0.29) is 11.9 Å². The molecule has 1 aromatic rings. The molecule has 2 aliphatic rings. The Hall–Kier alpha value is -0.980. The lowest BCUT2D eigenvalue weighted by atomic mass is 9.80. The van der Waals surface area contributed by atoms with Gasteiger partial charge in [0.05, 0.1) is 6.04 Å². The summed E-state index contributed by atoms with van der Waals surface area (Å²) in [6.07, 6.45) is 5.15. The van der Waals surface area contributed by atoms with Crippen molar-refractivity contribution in [2.45, 2.75) is 32.2 Å². The van der Waals surface area contributed by atoms with Crippen molar-refractivity contribution in [1.82, 2.24) is 9.88 Å². The molecule has 1 spiro atoms. The first-order valence-corrected chi connectivity index (χ1v) is 8.09. The van der Waals surface area contributed by atoms with Gasteiger partial charge in [-0.25, -0.2) is 4.98 Å².